The molecule has 14 heavy (non-hydrogen) atoms. The molecular weight excluding hydrogens is 180 g/mol. The highest BCUT2D eigenvalue weighted by Gasteiger charge is 2.22. The summed E-state index contributed by atoms with van der Waals surface area (Å²) in [5.41, 5.74) is 5.89. The van der Waals surface area contributed by atoms with Crippen LogP contribution >= 0.6 is 0 Å². The van der Waals surface area contributed by atoms with E-state index in [1.54, 1.807) is 0 Å². The van der Waals surface area contributed by atoms with Crippen molar-refractivity contribution in [3.8, 4) is 0 Å². The number of amides is 1. The fraction of sp³-hybridized carbons (Fsp3) is 0.444. The van der Waals surface area contributed by atoms with Crippen LogP contribution in [0.25, 0.3) is 0 Å². The fourth-order valence-electron chi connectivity index (χ4n) is 1.17. The third-order valence-corrected chi connectivity index (χ3v) is 2.24. The van der Waals surface area contributed by atoms with Gasteiger partial charge in [-0.25, -0.2) is 9.97 Å². The minimum absolute atomic E-state index is 0.185. The Morgan fingerprint density at radius 3 is 3.07 bits per heavy atom. The summed E-state index contributed by atoms with van der Waals surface area (Å²) in [4.78, 5) is 19.0. The van der Waals surface area contributed by atoms with E-state index in [0.717, 1.165) is 6.54 Å². The zero-order valence-corrected chi connectivity index (χ0v) is 7.73. The Morgan fingerprint density at radius 1 is 1.64 bits per heavy atom. The summed E-state index contributed by atoms with van der Waals surface area (Å²) in [6.07, 6.45) is 5.18. The molecule has 1 aliphatic rings. The molecule has 2 rings (SSSR count). The number of carbonyl (C=O) groups is 1. The van der Waals surface area contributed by atoms with Gasteiger partial charge < -0.3 is 11.1 Å². The standard InChI is InChI=1S/C9H12N4O/c10-8-7(4-11-5-13-8)9(14)12-3-6-1-2-6/h4-6H,1-3H2,(H,12,14)(H2,10,11,13). The van der Waals surface area contributed by atoms with Gasteiger partial charge in [0.2, 0.25) is 0 Å². The Bertz CT molecular complexity index is 348. The van der Waals surface area contributed by atoms with Gasteiger partial charge in [0.25, 0.3) is 5.91 Å². The smallest absolute Gasteiger partial charge is 0.256 e. The number of carbonyl (C=O) groups excluding carboxylic acids is 1. The lowest BCUT2D eigenvalue weighted by Gasteiger charge is -2.04. The van der Waals surface area contributed by atoms with Gasteiger partial charge in [-0.15, -0.1) is 0 Å². The number of nitrogen functional groups attached to an aromatic ring is 1. The van der Waals surface area contributed by atoms with E-state index in [1.807, 2.05) is 0 Å². The highest BCUT2D eigenvalue weighted by Crippen LogP contribution is 2.27. The lowest BCUT2D eigenvalue weighted by molar-refractivity contribution is 0.0952. The number of aromatic nitrogens is 2. The number of nitrogens with two attached hydrogens (primary N) is 1. The van der Waals surface area contributed by atoms with Crippen LogP contribution in [0.4, 0.5) is 5.82 Å². The summed E-state index contributed by atoms with van der Waals surface area (Å²) < 4.78 is 0. The molecular formula is C9H12N4O. The molecule has 5 nitrogen and oxygen atoms in total. The van der Waals surface area contributed by atoms with Crippen molar-refractivity contribution < 1.29 is 4.79 Å². The molecule has 0 spiro atoms. The normalized spacial score (nSPS) is 15.1. The lowest BCUT2D eigenvalue weighted by Crippen LogP contribution is -2.26. The van der Waals surface area contributed by atoms with Crippen molar-refractivity contribution in [1.29, 1.82) is 0 Å². The minimum atomic E-state index is -0.185. The Labute approximate surface area is 81.7 Å². The molecule has 0 saturated heterocycles. The van der Waals surface area contributed by atoms with Crippen LogP contribution in [-0.4, -0.2) is 22.4 Å². The quantitative estimate of drug-likeness (QED) is 0.716. The second-order valence-corrected chi connectivity index (χ2v) is 3.48. The van der Waals surface area contributed by atoms with Gasteiger partial charge in [-0.2, -0.15) is 0 Å². The summed E-state index contributed by atoms with van der Waals surface area (Å²) in [5.74, 6) is 0.702. The zero-order valence-electron chi connectivity index (χ0n) is 7.73. The fourth-order valence-corrected chi connectivity index (χ4v) is 1.17. The number of hydrogen-bond donors (Lipinski definition) is 2. The molecule has 74 valence electrons. The van der Waals surface area contributed by atoms with E-state index >= 15 is 0 Å². The first-order valence-electron chi connectivity index (χ1n) is 4.61. The molecule has 1 aliphatic carbocycles. The maximum absolute atomic E-state index is 11.5. The van der Waals surface area contributed by atoms with Crippen molar-refractivity contribution >= 4 is 11.7 Å². The molecule has 1 aromatic heterocycles. The van der Waals surface area contributed by atoms with Crippen LogP contribution in [-0.2, 0) is 0 Å². The summed E-state index contributed by atoms with van der Waals surface area (Å²) >= 11 is 0. The number of anilines is 1. The van der Waals surface area contributed by atoms with Gasteiger partial charge in [-0.1, -0.05) is 0 Å². The van der Waals surface area contributed by atoms with Crippen molar-refractivity contribution in [1.82, 2.24) is 15.3 Å². The van der Waals surface area contributed by atoms with Crippen LogP contribution in [0.15, 0.2) is 12.5 Å². The van der Waals surface area contributed by atoms with Gasteiger partial charge in [-0.05, 0) is 18.8 Å². The molecule has 0 bridgehead atoms. The van der Waals surface area contributed by atoms with Gasteiger partial charge in [0.15, 0.2) is 0 Å². The van der Waals surface area contributed by atoms with Gasteiger partial charge >= 0.3 is 0 Å². The van der Waals surface area contributed by atoms with Gasteiger partial charge in [0.1, 0.15) is 12.1 Å². The first-order chi connectivity index (χ1) is 6.77. The summed E-state index contributed by atoms with van der Waals surface area (Å²) in [6, 6.07) is 0. The SMILES string of the molecule is Nc1ncncc1C(=O)NCC1CC1. The van der Waals surface area contributed by atoms with E-state index < -0.39 is 0 Å². The second kappa shape index (κ2) is 3.61. The number of nitrogens with zero attached hydrogens (tertiary/aromatic N) is 2. The van der Waals surface area contributed by atoms with Crippen LogP contribution in [0.1, 0.15) is 23.2 Å². The Hall–Kier alpha value is -1.65. The maximum atomic E-state index is 11.5. The van der Waals surface area contributed by atoms with Crippen molar-refractivity contribution in [3.63, 3.8) is 0 Å². The van der Waals surface area contributed by atoms with Crippen molar-refractivity contribution in [3.05, 3.63) is 18.1 Å². The van der Waals surface area contributed by atoms with Crippen molar-refractivity contribution in [2.45, 2.75) is 12.8 Å². The molecule has 0 aliphatic heterocycles. The highest BCUT2D eigenvalue weighted by molar-refractivity contribution is 5.97. The van der Waals surface area contributed by atoms with E-state index in [0.29, 0.717) is 11.5 Å². The molecule has 0 radical (unpaired) electrons. The molecule has 3 N–H and O–H groups in total. The zero-order chi connectivity index (χ0) is 9.97. The predicted octanol–water partition coefficient (Wildman–Crippen LogP) is 0.199. The maximum Gasteiger partial charge on any atom is 0.256 e. The van der Waals surface area contributed by atoms with Gasteiger partial charge in [-0.3, -0.25) is 4.79 Å². The summed E-state index contributed by atoms with van der Waals surface area (Å²) in [6.45, 7) is 0.729. The number of nitrogens with one attached hydrogen (secondary N) is 1. The Morgan fingerprint density at radius 2 is 2.43 bits per heavy atom. The lowest BCUT2D eigenvalue weighted by atomic mass is 10.3. The molecule has 0 aromatic carbocycles. The highest BCUT2D eigenvalue weighted by atomic mass is 16.1. The van der Waals surface area contributed by atoms with Crippen LogP contribution in [0, 0.1) is 5.92 Å². The Balaban J connectivity index is 1.98. The van der Waals surface area contributed by atoms with E-state index in [1.165, 1.54) is 25.4 Å². The number of rotatable bonds is 3. The first kappa shape index (κ1) is 8.93. The molecule has 1 amide bonds. The van der Waals surface area contributed by atoms with E-state index in [2.05, 4.69) is 15.3 Å². The molecule has 0 unspecified atom stereocenters. The monoisotopic (exact) mass is 192 g/mol. The van der Waals surface area contributed by atoms with E-state index in [-0.39, 0.29) is 11.7 Å². The average molecular weight is 192 g/mol. The topological polar surface area (TPSA) is 80.9 Å². The van der Waals surface area contributed by atoms with Crippen molar-refractivity contribution in [2.24, 2.45) is 5.92 Å². The van der Waals surface area contributed by atoms with Crippen LogP contribution < -0.4 is 11.1 Å². The first-order valence-corrected chi connectivity index (χ1v) is 4.61. The minimum Gasteiger partial charge on any atom is -0.383 e. The predicted molar refractivity (Wildman–Crippen MR) is 51.5 cm³/mol. The molecule has 5 heteroatoms. The van der Waals surface area contributed by atoms with Gasteiger partial charge in [0.05, 0.1) is 5.56 Å². The third-order valence-electron chi connectivity index (χ3n) is 2.24. The van der Waals surface area contributed by atoms with Gasteiger partial charge in [0, 0.05) is 12.7 Å². The van der Waals surface area contributed by atoms with E-state index in [4.69, 9.17) is 5.73 Å². The molecule has 1 heterocycles. The molecule has 1 fully saturated rings. The van der Waals surface area contributed by atoms with Crippen LogP contribution in [0.3, 0.4) is 0 Å². The molecule has 1 aromatic rings. The third kappa shape index (κ3) is 1.99. The summed E-state index contributed by atoms with van der Waals surface area (Å²) in [5, 5.41) is 2.80. The Kier molecular flexibility index (Phi) is 2.30. The largest absolute Gasteiger partial charge is 0.383 e. The van der Waals surface area contributed by atoms with E-state index in [9.17, 15) is 4.79 Å². The van der Waals surface area contributed by atoms with Crippen LogP contribution in [0.2, 0.25) is 0 Å². The van der Waals surface area contributed by atoms with Crippen LogP contribution in [0.5, 0.6) is 0 Å². The summed E-state index contributed by atoms with van der Waals surface area (Å²) in [7, 11) is 0. The second-order valence-electron chi connectivity index (χ2n) is 3.48. The average Bonchev–Trinajstić information content (AvgIpc) is 2.98. The number of hydrogen-bond acceptors (Lipinski definition) is 4. The molecule has 1 saturated carbocycles. The molecule has 0 atom stereocenters. The van der Waals surface area contributed by atoms with Crippen molar-refractivity contribution in [2.75, 3.05) is 12.3 Å².